The molecule has 3 aromatic rings. The lowest BCUT2D eigenvalue weighted by Gasteiger charge is -2.05. The summed E-state index contributed by atoms with van der Waals surface area (Å²) in [6, 6.07) is 13.3. The fourth-order valence-corrected chi connectivity index (χ4v) is 2.47. The zero-order valence-electron chi connectivity index (χ0n) is 14.4. The Balaban J connectivity index is 1.70. The number of carbonyl (C=O) groups excluding carboxylic acids is 1. The number of hydrogen-bond donors (Lipinski definition) is 1. The number of aromatic nitrogens is 2. The van der Waals surface area contributed by atoms with Gasteiger partial charge >= 0.3 is 6.01 Å². The lowest BCUT2D eigenvalue weighted by atomic mass is 10.0. The van der Waals surface area contributed by atoms with E-state index in [2.05, 4.69) is 15.5 Å². The number of amides is 1. The van der Waals surface area contributed by atoms with E-state index in [9.17, 15) is 4.79 Å². The molecule has 1 aromatic heterocycles. The molecule has 0 spiro atoms. The number of anilines is 1. The summed E-state index contributed by atoms with van der Waals surface area (Å²) in [6.07, 6.45) is 0.244. The van der Waals surface area contributed by atoms with Gasteiger partial charge in [-0.2, -0.15) is 0 Å². The maximum Gasteiger partial charge on any atom is 0.322 e. The van der Waals surface area contributed by atoms with Crippen molar-refractivity contribution < 1.29 is 13.9 Å². The molecule has 6 heteroatoms. The zero-order chi connectivity index (χ0) is 17.8. The van der Waals surface area contributed by atoms with Crippen LogP contribution < -0.4 is 10.1 Å². The first-order valence-electron chi connectivity index (χ1n) is 7.89. The Bertz CT molecular complexity index is 902. The van der Waals surface area contributed by atoms with E-state index in [1.54, 1.807) is 13.2 Å². The van der Waals surface area contributed by atoms with Crippen LogP contribution >= 0.6 is 0 Å². The number of aryl methyl sites for hydroxylation is 2. The zero-order valence-corrected chi connectivity index (χ0v) is 14.4. The van der Waals surface area contributed by atoms with E-state index in [1.165, 1.54) is 5.56 Å². The highest BCUT2D eigenvalue weighted by Gasteiger charge is 2.14. The van der Waals surface area contributed by atoms with Gasteiger partial charge in [0.25, 0.3) is 5.89 Å². The Labute approximate surface area is 145 Å². The van der Waals surface area contributed by atoms with Gasteiger partial charge in [0.2, 0.25) is 5.91 Å². The van der Waals surface area contributed by atoms with E-state index in [1.807, 2.05) is 50.2 Å². The Morgan fingerprint density at radius 1 is 1.12 bits per heavy atom. The molecule has 6 nitrogen and oxygen atoms in total. The molecule has 1 heterocycles. The molecule has 25 heavy (non-hydrogen) atoms. The fraction of sp³-hybridized carbons (Fsp3) is 0.211. The van der Waals surface area contributed by atoms with Gasteiger partial charge < -0.3 is 9.15 Å². The Morgan fingerprint density at radius 3 is 2.68 bits per heavy atom. The second-order valence-electron chi connectivity index (χ2n) is 5.76. The number of carbonyl (C=O) groups is 1. The summed E-state index contributed by atoms with van der Waals surface area (Å²) in [5, 5.41) is 10.5. The van der Waals surface area contributed by atoms with E-state index in [-0.39, 0.29) is 18.3 Å². The molecule has 0 fully saturated rings. The minimum absolute atomic E-state index is 0.0646. The quantitative estimate of drug-likeness (QED) is 0.770. The molecular formula is C19H19N3O3. The summed E-state index contributed by atoms with van der Waals surface area (Å²) in [7, 11) is 1.57. The summed E-state index contributed by atoms with van der Waals surface area (Å²) < 4.78 is 10.8. The van der Waals surface area contributed by atoms with E-state index >= 15 is 0 Å². The van der Waals surface area contributed by atoms with Crippen molar-refractivity contribution >= 4 is 11.9 Å². The van der Waals surface area contributed by atoms with Crippen LogP contribution in [-0.2, 0) is 11.2 Å². The highest BCUT2D eigenvalue weighted by molar-refractivity contribution is 5.90. The molecular weight excluding hydrogens is 318 g/mol. The summed E-state index contributed by atoms with van der Waals surface area (Å²) in [5.41, 5.74) is 3.96. The number of hydrogen-bond acceptors (Lipinski definition) is 5. The van der Waals surface area contributed by atoms with Gasteiger partial charge in [0.05, 0.1) is 19.1 Å². The first-order valence-corrected chi connectivity index (χ1v) is 7.89. The number of methoxy groups -OCH3 is 1. The highest BCUT2D eigenvalue weighted by Crippen LogP contribution is 2.29. The van der Waals surface area contributed by atoms with E-state index in [0.717, 1.165) is 11.1 Å². The van der Waals surface area contributed by atoms with Gasteiger partial charge in [0.1, 0.15) is 5.75 Å². The molecule has 0 aliphatic carbocycles. The second kappa shape index (κ2) is 7.17. The molecule has 0 saturated heterocycles. The molecule has 3 rings (SSSR count). The van der Waals surface area contributed by atoms with Crippen molar-refractivity contribution in [3.8, 4) is 17.2 Å². The summed E-state index contributed by atoms with van der Waals surface area (Å²) in [4.78, 5) is 12.2. The van der Waals surface area contributed by atoms with Gasteiger partial charge in [-0.05, 0) is 42.7 Å². The third kappa shape index (κ3) is 3.85. The van der Waals surface area contributed by atoms with Crippen molar-refractivity contribution in [2.24, 2.45) is 0 Å². The van der Waals surface area contributed by atoms with Crippen molar-refractivity contribution in [2.75, 3.05) is 12.4 Å². The van der Waals surface area contributed by atoms with Crippen molar-refractivity contribution in [3.05, 3.63) is 59.2 Å². The van der Waals surface area contributed by atoms with Gasteiger partial charge in [0, 0.05) is 0 Å². The molecule has 0 atom stereocenters. The minimum Gasteiger partial charge on any atom is -0.496 e. The van der Waals surface area contributed by atoms with Gasteiger partial charge in [-0.25, -0.2) is 0 Å². The standard InChI is InChI=1S/C19H19N3O3/c1-12-8-9-14(10-13(12)2)11-17(23)20-19-22-21-18(25-19)15-6-4-5-7-16(15)24-3/h4-10H,11H2,1-3H3,(H,20,22,23). The van der Waals surface area contributed by atoms with Crippen LogP contribution in [0.4, 0.5) is 6.01 Å². The Morgan fingerprint density at radius 2 is 1.92 bits per heavy atom. The van der Waals surface area contributed by atoms with E-state index in [0.29, 0.717) is 17.2 Å². The number of rotatable bonds is 5. The second-order valence-corrected chi connectivity index (χ2v) is 5.76. The average molecular weight is 337 g/mol. The summed E-state index contributed by atoms with van der Waals surface area (Å²) in [5.74, 6) is 0.705. The molecule has 1 amide bonds. The molecule has 2 aromatic carbocycles. The molecule has 1 N–H and O–H groups in total. The van der Waals surface area contributed by atoms with Crippen LogP contribution in [-0.4, -0.2) is 23.2 Å². The van der Waals surface area contributed by atoms with Crippen LogP contribution in [0.15, 0.2) is 46.9 Å². The van der Waals surface area contributed by atoms with Crippen LogP contribution in [0.1, 0.15) is 16.7 Å². The smallest absolute Gasteiger partial charge is 0.322 e. The predicted octanol–water partition coefficient (Wildman–Crippen LogP) is 3.54. The number of nitrogens with one attached hydrogen (secondary N) is 1. The highest BCUT2D eigenvalue weighted by atomic mass is 16.5. The van der Waals surface area contributed by atoms with Crippen LogP contribution in [0.5, 0.6) is 5.75 Å². The number of para-hydroxylation sites is 1. The average Bonchev–Trinajstić information content (AvgIpc) is 3.06. The molecule has 0 aliphatic rings. The third-order valence-electron chi connectivity index (χ3n) is 3.94. The van der Waals surface area contributed by atoms with Crippen molar-refractivity contribution in [1.29, 1.82) is 0 Å². The molecule has 0 unspecified atom stereocenters. The van der Waals surface area contributed by atoms with Crippen LogP contribution in [0.2, 0.25) is 0 Å². The van der Waals surface area contributed by atoms with Crippen molar-refractivity contribution in [3.63, 3.8) is 0 Å². The predicted molar refractivity (Wildman–Crippen MR) is 94.5 cm³/mol. The Kier molecular flexibility index (Phi) is 4.79. The van der Waals surface area contributed by atoms with Crippen LogP contribution in [0, 0.1) is 13.8 Å². The fourth-order valence-electron chi connectivity index (χ4n) is 2.47. The van der Waals surface area contributed by atoms with Crippen molar-refractivity contribution in [2.45, 2.75) is 20.3 Å². The SMILES string of the molecule is COc1ccccc1-c1nnc(NC(=O)Cc2ccc(C)c(C)c2)o1. The van der Waals surface area contributed by atoms with E-state index < -0.39 is 0 Å². The van der Waals surface area contributed by atoms with Gasteiger partial charge in [-0.3, -0.25) is 10.1 Å². The maximum atomic E-state index is 12.2. The number of nitrogens with zero attached hydrogens (tertiary/aromatic N) is 2. The summed E-state index contributed by atoms with van der Waals surface area (Å²) >= 11 is 0. The number of benzene rings is 2. The minimum atomic E-state index is -0.210. The first kappa shape index (κ1) is 16.7. The maximum absolute atomic E-state index is 12.2. The molecule has 128 valence electrons. The number of ether oxygens (including phenoxy) is 1. The third-order valence-corrected chi connectivity index (χ3v) is 3.94. The topological polar surface area (TPSA) is 77.3 Å². The van der Waals surface area contributed by atoms with Crippen LogP contribution in [0.3, 0.4) is 0 Å². The molecule has 0 bridgehead atoms. The van der Waals surface area contributed by atoms with Gasteiger partial charge in [-0.15, -0.1) is 5.10 Å². The largest absolute Gasteiger partial charge is 0.496 e. The van der Waals surface area contributed by atoms with Crippen molar-refractivity contribution in [1.82, 2.24) is 10.2 Å². The van der Waals surface area contributed by atoms with Crippen LogP contribution in [0.25, 0.3) is 11.5 Å². The van der Waals surface area contributed by atoms with Gasteiger partial charge in [-0.1, -0.05) is 35.4 Å². The Hall–Kier alpha value is -3.15. The first-order chi connectivity index (χ1) is 12.1. The normalized spacial score (nSPS) is 10.5. The monoisotopic (exact) mass is 337 g/mol. The lowest BCUT2D eigenvalue weighted by Crippen LogP contribution is -2.14. The lowest BCUT2D eigenvalue weighted by molar-refractivity contribution is -0.115. The van der Waals surface area contributed by atoms with E-state index in [4.69, 9.17) is 9.15 Å². The van der Waals surface area contributed by atoms with Gasteiger partial charge in [0.15, 0.2) is 0 Å². The molecule has 0 radical (unpaired) electrons. The molecule has 0 saturated carbocycles. The summed E-state index contributed by atoms with van der Waals surface area (Å²) in [6.45, 7) is 4.06. The molecule has 0 aliphatic heterocycles.